The lowest BCUT2D eigenvalue weighted by Gasteiger charge is -2.17. The molecule has 0 aliphatic carbocycles. The van der Waals surface area contributed by atoms with E-state index in [-0.39, 0.29) is 23.6 Å². The molecule has 0 saturated heterocycles. The van der Waals surface area contributed by atoms with Crippen LogP contribution < -0.4 is 15.0 Å². The van der Waals surface area contributed by atoms with E-state index >= 15 is 0 Å². The number of aryl methyl sites for hydroxylation is 1. The fourth-order valence-corrected chi connectivity index (χ4v) is 4.98. The highest BCUT2D eigenvalue weighted by Gasteiger charge is 2.18. The number of fused-ring (bicyclic) bond motifs is 1. The molecule has 0 spiro atoms. The SMILES string of the molecule is COc1cc(C)c(-c2nc3ccccc3c(=O)n2N=Cc2cc(Cl)ccc2OCc2cccc(C(=O)O)c2)cc1C(C)C. The number of para-hydroxylation sites is 1. The quantitative estimate of drug-likeness (QED) is 0.179. The number of hydrogen-bond donors (Lipinski definition) is 1. The van der Waals surface area contributed by atoms with Gasteiger partial charge in [0.2, 0.25) is 0 Å². The maximum atomic E-state index is 13.8. The molecule has 1 heterocycles. The highest BCUT2D eigenvalue weighted by molar-refractivity contribution is 6.30. The number of halogens is 1. The predicted molar refractivity (Wildman–Crippen MR) is 169 cm³/mol. The zero-order valence-electron chi connectivity index (χ0n) is 24.2. The molecule has 5 rings (SSSR count). The Labute approximate surface area is 253 Å². The summed E-state index contributed by atoms with van der Waals surface area (Å²) >= 11 is 6.33. The molecule has 0 saturated carbocycles. The molecule has 218 valence electrons. The van der Waals surface area contributed by atoms with Crippen LogP contribution in [0.1, 0.15) is 52.4 Å². The van der Waals surface area contributed by atoms with Crippen molar-refractivity contribution in [2.75, 3.05) is 7.11 Å². The molecule has 0 radical (unpaired) electrons. The summed E-state index contributed by atoms with van der Waals surface area (Å²) in [7, 11) is 1.64. The van der Waals surface area contributed by atoms with Crippen LogP contribution in [0.25, 0.3) is 22.3 Å². The summed E-state index contributed by atoms with van der Waals surface area (Å²) in [6.07, 6.45) is 1.51. The van der Waals surface area contributed by atoms with E-state index in [4.69, 9.17) is 26.1 Å². The van der Waals surface area contributed by atoms with Gasteiger partial charge in [-0.05, 0) is 84.1 Å². The number of hydrogen-bond acceptors (Lipinski definition) is 6. The number of nitrogens with zero attached hydrogens (tertiary/aromatic N) is 3. The van der Waals surface area contributed by atoms with Crippen molar-refractivity contribution < 1.29 is 19.4 Å². The van der Waals surface area contributed by atoms with E-state index in [0.717, 1.165) is 22.4 Å². The Bertz CT molecular complexity index is 1930. The average molecular weight is 596 g/mol. The van der Waals surface area contributed by atoms with E-state index in [1.54, 1.807) is 61.7 Å². The normalized spacial score (nSPS) is 11.4. The van der Waals surface area contributed by atoms with Crippen LogP contribution in [-0.2, 0) is 6.61 Å². The van der Waals surface area contributed by atoms with E-state index in [1.807, 2.05) is 25.1 Å². The first-order valence-electron chi connectivity index (χ1n) is 13.7. The summed E-state index contributed by atoms with van der Waals surface area (Å²) in [5.74, 6) is 0.765. The third-order valence-electron chi connectivity index (χ3n) is 7.05. The number of methoxy groups -OCH3 is 1. The second-order valence-electron chi connectivity index (χ2n) is 10.4. The third-order valence-corrected chi connectivity index (χ3v) is 7.28. The number of aromatic nitrogens is 2. The molecule has 1 N–H and O–H groups in total. The largest absolute Gasteiger partial charge is 0.496 e. The molecule has 5 aromatic rings. The summed E-state index contributed by atoms with van der Waals surface area (Å²) in [5, 5.41) is 14.8. The molecule has 0 aliphatic heterocycles. The number of carbonyl (C=O) groups is 1. The van der Waals surface area contributed by atoms with Crippen molar-refractivity contribution in [3.05, 3.63) is 122 Å². The summed E-state index contributed by atoms with van der Waals surface area (Å²) in [6.45, 7) is 6.22. The minimum atomic E-state index is -1.01. The second kappa shape index (κ2) is 12.5. The van der Waals surface area contributed by atoms with Crippen LogP contribution in [0.5, 0.6) is 11.5 Å². The van der Waals surface area contributed by atoms with Crippen LogP contribution in [0.4, 0.5) is 0 Å². The Hall–Kier alpha value is -4.95. The van der Waals surface area contributed by atoms with E-state index < -0.39 is 5.97 Å². The monoisotopic (exact) mass is 595 g/mol. The van der Waals surface area contributed by atoms with Gasteiger partial charge in [0.1, 0.15) is 18.1 Å². The second-order valence-corrected chi connectivity index (χ2v) is 10.8. The zero-order chi connectivity index (χ0) is 30.7. The fraction of sp³-hybridized carbons (Fsp3) is 0.176. The Balaban J connectivity index is 1.61. The van der Waals surface area contributed by atoms with Gasteiger partial charge in [0.25, 0.3) is 5.56 Å². The number of benzene rings is 4. The first-order valence-corrected chi connectivity index (χ1v) is 14.0. The molecule has 0 aliphatic rings. The molecular weight excluding hydrogens is 566 g/mol. The number of carboxylic acids is 1. The van der Waals surface area contributed by atoms with Gasteiger partial charge in [0.15, 0.2) is 5.82 Å². The molecule has 4 aromatic carbocycles. The molecule has 0 unspecified atom stereocenters. The lowest BCUT2D eigenvalue weighted by molar-refractivity contribution is 0.0696. The van der Waals surface area contributed by atoms with Crippen LogP contribution in [0.3, 0.4) is 0 Å². The summed E-state index contributed by atoms with van der Waals surface area (Å²) < 4.78 is 13.0. The molecule has 0 fully saturated rings. The number of rotatable bonds is 9. The third kappa shape index (κ3) is 6.29. The summed E-state index contributed by atoms with van der Waals surface area (Å²) in [5.41, 5.74) is 4.24. The first kappa shape index (κ1) is 29.5. The van der Waals surface area contributed by atoms with Gasteiger partial charge in [-0.3, -0.25) is 4.79 Å². The van der Waals surface area contributed by atoms with Gasteiger partial charge in [0, 0.05) is 16.1 Å². The Morgan fingerprint density at radius 2 is 1.84 bits per heavy atom. The zero-order valence-corrected chi connectivity index (χ0v) is 24.9. The number of aromatic carboxylic acids is 1. The lowest BCUT2D eigenvalue weighted by Crippen LogP contribution is -2.21. The van der Waals surface area contributed by atoms with E-state index in [1.165, 1.54) is 17.0 Å². The molecular formula is C34H30ClN3O5. The van der Waals surface area contributed by atoms with Gasteiger partial charge in [-0.1, -0.05) is 49.7 Å². The Morgan fingerprint density at radius 3 is 2.58 bits per heavy atom. The molecule has 9 heteroatoms. The van der Waals surface area contributed by atoms with Gasteiger partial charge in [-0.25, -0.2) is 9.78 Å². The molecule has 1 aromatic heterocycles. The van der Waals surface area contributed by atoms with Crippen LogP contribution in [0.2, 0.25) is 5.02 Å². The van der Waals surface area contributed by atoms with E-state index in [2.05, 4.69) is 18.9 Å². The van der Waals surface area contributed by atoms with Crippen LogP contribution in [0.15, 0.2) is 88.8 Å². The predicted octanol–water partition coefficient (Wildman–Crippen LogP) is 7.32. The maximum absolute atomic E-state index is 13.8. The van der Waals surface area contributed by atoms with Crippen molar-refractivity contribution in [1.82, 2.24) is 9.66 Å². The van der Waals surface area contributed by atoms with E-state index in [0.29, 0.717) is 38.6 Å². The highest BCUT2D eigenvalue weighted by Crippen LogP contribution is 2.34. The average Bonchev–Trinajstić information content (AvgIpc) is 3.00. The van der Waals surface area contributed by atoms with Crippen molar-refractivity contribution >= 4 is 34.7 Å². The van der Waals surface area contributed by atoms with Crippen LogP contribution >= 0.6 is 11.6 Å². The Kier molecular flexibility index (Phi) is 8.59. The van der Waals surface area contributed by atoms with Crippen molar-refractivity contribution in [3.8, 4) is 22.9 Å². The highest BCUT2D eigenvalue weighted by atomic mass is 35.5. The fourth-order valence-electron chi connectivity index (χ4n) is 4.80. The van der Waals surface area contributed by atoms with Gasteiger partial charge >= 0.3 is 5.97 Å². The molecule has 43 heavy (non-hydrogen) atoms. The van der Waals surface area contributed by atoms with Gasteiger partial charge in [0.05, 0.1) is 29.8 Å². The van der Waals surface area contributed by atoms with Crippen LogP contribution in [-0.4, -0.2) is 34.1 Å². The minimum absolute atomic E-state index is 0.120. The minimum Gasteiger partial charge on any atom is -0.496 e. The Morgan fingerprint density at radius 1 is 1.05 bits per heavy atom. The molecule has 8 nitrogen and oxygen atoms in total. The lowest BCUT2D eigenvalue weighted by atomic mass is 9.96. The van der Waals surface area contributed by atoms with Crippen molar-refractivity contribution in [3.63, 3.8) is 0 Å². The standard InChI is InChI=1S/C34H30ClN3O5/c1-20(2)27-17-28(21(3)14-31(27)42-4)32-37-29-11-6-5-10-26(29)33(39)38(32)36-18-24-16-25(35)12-13-30(24)43-19-22-8-7-9-23(15-22)34(40)41/h5-18,20H,19H2,1-4H3,(H,40,41). The summed E-state index contributed by atoms with van der Waals surface area (Å²) in [6, 6.07) is 22.7. The van der Waals surface area contributed by atoms with Crippen molar-refractivity contribution in [2.24, 2.45) is 5.10 Å². The van der Waals surface area contributed by atoms with Gasteiger partial charge < -0.3 is 14.6 Å². The summed E-state index contributed by atoms with van der Waals surface area (Å²) in [4.78, 5) is 30.1. The number of ether oxygens (including phenoxy) is 2. The van der Waals surface area contributed by atoms with E-state index in [9.17, 15) is 14.7 Å². The van der Waals surface area contributed by atoms with Gasteiger partial charge in [-0.2, -0.15) is 9.78 Å². The first-order chi connectivity index (χ1) is 20.7. The van der Waals surface area contributed by atoms with Crippen molar-refractivity contribution in [1.29, 1.82) is 0 Å². The van der Waals surface area contributed by atoms with Gasteiger partial charge in [-0.15, -0.1) is 0 Å². The van der Waals surface area contributed by atoms with Crippen molar-refractivity contribution in [2.45, 2.75) is 33.3 Å². The topological polar surface area (TPSA) is 103 Å². The molecule has 0 atom stereocenters. The van der Waals surface area contributed by atoms with Crippen LogP contribution in [0, 0.1) is 6.92 Å². The molecule has 0 amide bonds. The maximum Gasteiger partial charge on any atom is 0.335 e. The number of carboxylic acid groups (broad SMARTS) is 1. The smallest absolute Gasteiger partial charge is 0.335 e. The molecule has 0 bridgehead atoms.